The Morgan fingerprint density at radius 1 is 0.725 bits per heavy atom. The van der Waals surface area contributed by atoms with E-state index < -0.39 is 35.4 Å². The Kier molecular flexibility index (Phi) is 8.52. The minimum atomic E-state index is -0.852. The van der Waals surface area contributed by atoms with Crippen LogP contribution in [0.1, 0.15) is 116 Å². The van der Waals surface area contributed by atoms with Crippen LogP contribution in [0.3, 0.4) is 0 Å². The third kappa shape index (κ3) is 5.40. The van der Waals surface area contributed by atoms with Crippen molar-refractivity contribution in [3.05, 3.63) is 30.1 Å². The molecular weight excluding hydrogens is 654 g/mol. The lowest BCUT2D eigenvalue weighted by Gasteiger charge is -2.61. The topological polar surface area (TPSA) is 128 Å². The van der Waals surface area contributed by atoms with E-state index in [0.29, 0.717) is 30.2 Å². The molecule has 0 unspecified atom stereocenters. The molecule has 12 nitrogen and oxygen atoms in total. The maximum atomic E-state index is 13.3. The van der Waals surface area contributed by atoms with Crippen LogP contribution in [0.25, 0.3) is 0 Å². The van der Waals surface area contributed by atoms with E-state index in [2.05, 4.69) is 38.1 Å². The SMILES string of the molecule is C[C@H]1[C@@H](CC(C[C@H]2O[C@@H]3O[C@]4(C)CC[C@H]5[C@H](C)CC[C@@H]([C@H]2C)[C@@]35OO4)=NNC(=O)c2ccncc2)O[C@@H]2O[C@]3(C)CC[C@H]4[C@H](C)CC[C@@H]1[C@@]24OO3. The van der Waals surface area contributed by atoms with Gasteiger partial charge in [-0.1, -0.05) is 27.7 Å². The summed E-state index contributed by atoms with van der Waals surface area (Å²) in [4.78, 5) is 42.3. The molecule has 8 aliphatic heterocycles. The molecule has 2 aliphatic carbocycles. The highest BCUT2D eigenvalue weighted by Crippen LogP contribution is 2.62. The van der Waals surface area contributed by atoms with Crippen molar-refractivity contribution in [2.45, 2.75) is 153 Å². The standard InChI is InChI=1S/C39H55N3O9/c1-21-7-9-29-23(3)31(44-34-38(29)27(21)11-15-36(5,46-34)48-50-38)19-26(41-42-33(43)25-13-17-40-18-14-25)20-32-24(4)30-10-8-22(2)28-12-16-37(6)47-35(45-32)39(28,30)51-49-37/h13-14,17-18,21-24,27-32,34-35H,7-12,15-16,19-20H2,1-6H3,(H,42,43)/t21-,22-,23-,24-,27+,28+,29+,30+,31-,32-,34-,35-,36+,37+,38-,39-/m1/s1. The first-order valence-corrected chi connectivity index (χ1v) is 19.6. The highest BCUT2D eigenvalue weighted by atomic mass is 17.3. The minimum absolute atomic E-state index is 0.131. The number of rotatable bonds is 6. The van der Waals surface area contributed by atoms with Crippen LogP contribution in [0.4, 0.5) is 0 Å². The van der Waals surface area contributed by atoms with Gasteiger partial charge in [-0.3, -0.25) is 9.78 Å². The van der Waals surface area contributed by atoms with Crippen LogP contribution in [-0.4, -0.2) is 64.2 Å². The number of hydrogen-bond donors (Lipinski definition) is 1. The molecule has 1 N–H and O–H groups in total. The molecule has 0 radical (unpaired) electrons. The van der Waals surface area contributed by atoms with Gasteiger partial charge in [0.15, 0.2) is 23.8 Å². The molecule has 4 bridgehead atoms. The molecule has 11 rings (SSSR count). The summed E-state index contributed by atoms with van der Waals surface area (Å²) in [6, 6.07) is 3.37. The second kappa shape index (κ2) is 12.5. The van der Waals surface area contributed by atoms with E-state index in [-0.39, 0.29) is 53.6 Å². The van der Waals surface area contributed by atoms with Gasteiger partial charge >= 0.3 is 0 Å². The molecule has 280 valence electrons. The van der Waals surface area contributed by atoms with Crippen LogP contribution in [0.2, 0.25) is 0 Å². The van der Waals surface area contributed by atoms with E-state index in [0.717, 1.165) is 57.1 Å². The summed E-state index contributed by atoms with van der Waals surface area (Å²) in [7, 11) is 0. The summed E-state index contributed by atoms with van der Waals surface area (Å²) < 4.78 is 27.3. The summed E-state index contributed by atoms with van der Waals surface area (Å²) in [5, 5.41) is 4.85. The molecule has 8 saturated heterocycles. The van der Waals surface area contributed by atoms with Crippen molar-refractivity contribution in [2.24, 2.45) is 52.4 Å². The fraction of sp³-hybridized carbons (Fsp3) is 0.821. The largest absolute Gasteiger partial charge is 0.345 e. The first kappa shape index (κ1) is 34.7. The predicted octanol–water partition coefficient (Wildman–Crippen LogP) is 6.45. The molecule has 10 aliphatic rings. The average molecular weight is 710 g/mol. The maximum absolute atomic E-state index is 13.3. The van der Waals surface area contributed by atoms with Crippen molar-refractivity contribution in [3.8, 4) is 0 Å². The van der Waals surface area contributed by atoms with Crippen molar-refractivity contribution >= 4 is 11.6 Å². The molecule has 1 amide bonds. The minimum Gasteiger partial charge on any atom is -0.345 e. The number of hydrogen-bond acceptors (Lipinski definition) is 11. The predicted molar refractivity (Wildman–Crippen MR) is 182 cm³/mol. The second-order valence-corrected chi connectivity index (χ2v) is 17.7. The smallest absolute Gasteiger partial charge is 0.271 e. The molecule has 10 fully saturated rings. The monoisotopic (exact) mass is 709 g/mol. The van der Waals surface area contributed by atoms with E-state index in [1.54, 1.807) is 24.5 Å². The Morgan fingerprint density at radius 3 is 1.71 bits per heavy atom. The van der Waals surface area contributed by atoms with Gasteiger partial charge in [-0.25, -0.2) is 25.0 Å². The van der Waals surface area contributed by atoms with Crippen molar-refractivity contribution in [1.82, 2.24) is 10.4 Å². The number of amides is 1. The quantitative estimate of drug-likeness (QED) is 0.200. The van der Waals surface area contributed by atoms with E-state index in [4.69, 9.17) is 43.6 Å². The number of nitrogens with one attached hydrogen (secondary N) is 1. The van der Waals surface area contributed by atoms with Crippen LogP contribution in [0.5, 0.6) is 0 Å². The molecule has 2 saturated carbocycles. The van der Waals surface area contributed by atoms with Gasteiger partial charge in [0.25, 0.3) is 5.91 Å². The Labute approximate surface area is 300 Å². The number of pyridine rings is 1. The number of hydrazone groups is 1. The van der Waals surface area contributed by atoms with Gasteiger partial charge in [0.2, 0.25) is 11.6 Å². The fourth-order valence-electron chi connectivity index (χ4n) is 11.8. The summed E-state index contributed by atoms with van der Waals surface area (Å²) in [6.45, 7) is 13.1. The van der Waals surface area contributed by atoms with Crippen LogP contribution >= 0.6 is 0 Å². The third-order valence-corrected chi connectivity index (χ3v) is 14.7. The Hall–Kier alpha value is -2.03. The molecular formula is C39H55N3O9. The molecule has 2 spiro atoms. The van der Waals surface area contributed by atoms with Gasteiger partial charge in [0, 0.05) is 61.2 Å². The van der Waals surface area contributed by atoms with E-state index in [1.165, 1.54) is 0 Å². The molecule has 12 heteroatoms. The first-order valence-electron chi connectivity index (χ1n) is 19.6. The number of carbonyl (C=O) groups excluding carboxylic acids is 1. The first-order chi connectivity index (χ1) is 24.4. The van der Waals surface area contributed by atoms with Gasteiger partial charge in [0.1, 0.15) is 0 Å². The molecule has 1 aromatic rings. The van der Waals surface area contributed by atoms with Crippen molar-refractivity contribution < 1.29 is 43.3 Å². The van der Waals surface area contributed by atoms with E-state index in [9.17, 15) is 4.79 Å². The summed E-state index contributed by atoms with van der Waals surface area (Å²) in [5.74, 6) is 0.195. The van der Waals surface area contributed by atoms with E-state index >= 15 is 0 Å². The van der Waals surface area contributed by atoms with Crippen LogP contribution in [0.15, 0.2) is 29.6 Å². The summed E-state index contributed by atoms with van der Waals surface area (Å²) in [5.41, 5.74) is 2.87. The lowest BCUT2D eigenvalue weighted by atomic mass is 9.57. The number of fused-ring (bicyclic) bond motifs is 4. The van der Waals surface area contributed by atoms with Crippen molar-refractivity contribution in [1.29, 1.82) is 0 Å². The van der Waals surface area contributed by atoms with Gasteiger partial charge in [-0.05, 0) is 100 Å². The lowest BCUT2D eigenvalue weighted by molar-refractivity contribution is -0.571. The molecule has 9 heterocycles. The van der Waals surface area contributed by atoms with Gasteiger partial charge < -0.3 is 18.9 Å². The second-order valence-electron chi connectivity index (χ2n) is 17.7. The summed E-state index contributed by atoms with van der Waals surface area (Å²) in [6.07, 6.45) is 10.5. The van der Waals surface area contributed by atoms with Gasteiger partial charge in [0.05, 0.1) is 12.2 Å². The Balaban J connectivity index is 1.02. The highest BCUT2D eigenvalue weighted by Gasteiger charge is 2.71. The molecule has 51 heavy (non-hydrogen) atoms. The van der Waals surface area contributed by atoms with Crippen LogP contribution in [0, 0.1) is 47.3 Å². The van der Waals surface area contributed by atoms with Gasteiger partial charge in [-0.15, -0.1) is 0 Å². The summed E-state index contributed by atoms with van der Waals surface area (Å²) >= 11 is 0. The van der Waals surface area contributed by atoms with Crippen molar-refractivity contribution in [2.75, 3.05) is 0 Å². The lowest BCUT2D eigenvalue weighted by Crippen LogP contribution is -2.70. The molecule has 1 aromatic heterocycles. The Bertz CT molecular complexity index is 1450. The zero-order valence-corrected chi connectivity index (χ0v) is 30.9. The van der Waals surface area contributed by atoms with Crippen LogP contribution < -0.4 is 5.43 Å². The molecule has 0 aromatic carbocycles. The van der Waals surface area contributed by atoms with Crippen molar-refractivity contribution in [3.63, 3.8) is 0 Å². The number of carbonyl (C=O) groups is 1. The third-order valence-electron chi connectivity index (χ3n) is 14.7. The van der Waals surface area contributed by atoms with E-state index in [1.807, 2.05) is 13.8 Å². The average Bonchev–Trinajstić information content (AvgIpc) is 3.49. The highest BCUT2D eigenvalue weighted by molar-refractivity contribution is 5.95. The number of ether oxygens (including phenoxy) is 4. The fourth-order valence-corrected chi connectivity index (χ4v) is 11.8. The van der Waals surface area contributed by atoms with Crippen LogP contribution in [-0.2, 0) is 38.5 Å². The number of aromatic nitrogens is 1. The maximum Gasteiger partial charge on any atom is 0.271 e. The molecule has 16 atom stereocenters. The Morgan fingerprint density at radius 2 is 1.22 bits per heavy atom. The normalized spacial score (nSPS) is 51.0. The van der Waals surface area contributed by atoms with Gasteiger partial charge in [-0.2, -0.15) is 5.10 Å². The zero-order chi connectivity index (χ0) is 35.3. The zero-order valence-electron chi connectivity index (χ0n) is 30.9. The number of nitrogens with zero attached hydrogens (tertiary/aromatic N) is 2.